The molecular weight excluding hydrogens is 334 g/mol. The lowest BCUT2D eigenvalue weighted by Crippen LogP contribution is -2.48. The molecule has 0 fully saturated rings. The van der Waals surface area contributed by atoms with Gasteiger partial charge in [-0.25, -0.2) is 9.59 Å². The van der Waals surface area contributed by atoms with Crippen molar-refractivity contribution in [2.75, 3.05) is 11.9 Å². The summed E-state index contributed by atoms with van der Waals surface area (Å²) in [7, 11) is 0. The van der Waals surface area contributed by atoms with E-state index >= 15 is 0 Å². The van der Waals surface area contributed by atoms with Crippen LogP contribution in [0.1, 0.15) is 34.6 Å². The average molecular weight is 363 g/mol. The molecule has 7 heteroatoms. The number of amides is 3. The Hall–Kier alpha value is -2.57. The van der Waals surface area contributed by atoms with Crippen LogP contribution in [0.5, 0.6) is 0 Å². The van der Waals surface area contributed by atoms with Gasteiger partial charge in [0.2, 0.25) is 0 Å². The van der Waals surface area contributed by atoms with Gasteiger partial charge in [0.05, 0.1) is 0 Å². The SMILES string of the molecule is CC(C)[C@H](C)NC(=O)COC(=O)[C@@H](NC(=O)Nc1ccccc1)C(C)C. The maximum atomic E-state index is 12.3. The highest BCUT2D eigenvalue weighted by molar-refractivity contribution is 5.93. The van der Waals surface area contributed by atoms with Crippen molar-refractivity contribution in [2.24, 2.45) is 11.8 Å². The monoisotopic (exact) mass is 363 g/mol. The van der Waals surface area contributed by atoms with Crippen molar-refractivity contribution in [3.05, 3.63) is 30.3 Å². The van der Waals surface area contributed by atoms with Crippen molar-refractivity contribution in [2.45, 2.75) is 46.7 Å². The van der Waals surface area contributed by atoms with Crippen LogP contribution in [0.4, 0.5) is 10.5 Å². The summed E-state index contributed by atoms with van der Waals surface area (Å²) in [6, 6.07) is 7.52. The summed E-state index contributed by atoms with van der Waals surface area (Å²) in [5.41, 5.74) is 0.614. The van der Waals surface area contributed by atoms with Crippen LogP contribution in [0.3, 0.4) is 0 Å². The summed E-state index contributed by atoms with van der Waals surface area (Å²) in [6.45, 7) is 9.06. The summed E-state index contributed by atoms with van der Waals surface area (Å²) in [6.07, 6.45) is 0. The quantitative estimate of drug-likeness (QED) is 0.618. The highest BCUT2D eigenvalue weighted by Gasteiger charge is 2.26. The van der Waals surface area contributed by atoms with Gasteiger partial charge in [-0.15, -0.1) is 0 Å². The maximum Gasteiger partial charge on any atom is 0.329 e. The Morgan fingerprint density at radius 2 is 1.54 bits per heavy atom. The van der Waals surface area contributed by atoms with E-state index in [-0.39, 0.29) is 30.4 Å². The molecule has 0 saturated carbocycles. The van der Waals surface area contributed by atoms with E-state index in [0.29, 0.717) is 5.69 Å². The van der Waals surface area contributed by atoms with E-state index in [0.717, 1.165) is 0 Å². The molecule has 3 amide bonds. The first-order valence-electron chi connectivity index (χ1n) is 8.79. The van der Waals surface area contributed by atoms with Crippen molar-refractivity contribution in [1.29, 1.82) is 0 Å². The highest BCUT2D eigenvalue weighted by Crippen LogP contribution is 2.08. The van der Waals surface area contributed by atoms with E-state index in [2.05, 4.69) is 16.0 Å². The number of nitrogens with one attached hydrogen (secondary N) is 3. The van der Waals surface area contributed by atoms with Gasteiger partial charge in [-0.2, -0.15) is 0 Å². The zero-order valence-electron chi connectivity index (χ0n) is 16.0. The van der Waals surface area contributed by atoms with Gasteiger partial charge in [0, 0.05) is 11.7 Å². The largest absolute Gasteiger partial charge is 0.454 e. The minimum atomic E-state index is -0.853. The molecular formula is C19H29N3O4. The second-order valence-corrected chi connectivity index (χ2v) is 6.89. The minimum Gasteiger partial charge on any atom is -0.454 e. The zero-order chi connectivity index (χ0) is 19.7. The number of carbonyl (C=O) groups excluding carboxylic acids is 3. The Bertz CT molecular complexity index is 602. The number of para-hydroxylation sites is 1. The summed E-state index contributed by atoms with van der Waals surface area (Å²) in [5.74, 6) is -0.922. The molecule has 0 bridgehead atoms. The molecule has 3 N–H and O–H groups in total. The lowest BCUT2D eigenvalue weighted by molar-refractivity contribution is -0.151. The Labute approximate surface area is 154 Å². The van der Waals surface area contributed by atoms with E-state index in [1.807, 2.05) is 26.8 Å². The fraction of sp³-hybridized carbons (Fsp3) is 0.526. The first-order chi connectivity index (χ1) is 12.2. The molecule has 0 aliphatic rings. The van der Waals surface area contributed by atoms with Crippen LogP contribution in [0.2, 0.25) is 0 Å². The van der Waals surface area contributed by atoms with E-state index in [1.54, 1.807) is 38.1 Å². The van der Waals surface area contributed by atoms with Crippen molar-refractivity contribution >= 4 is 23.6 Å². The van der Waals surface area contributed by atoms with Crippen LogP contribution < -0.4 is 16.0 Å². The van der Waals surface area contributed by atoms with Crippen molar-refractivity contribution < 1.29 is 19.1 Å². The molecule has 1 aromatic rings. The normalized spacial score (nSPS) is 13.0. The number of ether oxygens (including phenoxy) is 1. The number of hydrogen-bond donors (Lipinski definition) is 3. The molecule has 1 rings (SSSR count). The number of carbonyl (C=O) groups is 3. The summed E-state index contributed by atoms with van der Waals surface area (Å²) in [5, 5.41) is 8.00. The minimum absolute atomic E-state index is 0.0168. The molecule has 1 aromatic carbocycles. The van der Waals surface area contributed by atoms with Crippen LogP contribution >= 0.6 is 0 Å². The third-order valence-electron chi connectivity index (χ3n) is 3.97. The second kappa shape index (κ2) is 10.4. The molecule has 144 valence electrons. The van der Waals surface area contributed by atoms with Gasteiger partial charge in [-0.05, 0) is 30.9 Å². The number of anilines is 1. The van der Waals surface area contributed by atoms with E-state index < -0.39 is 18.0 Å². The molecule has 0 saturated heterocycles. The summed E-state index contributed by atoms with van der Waals surface area (Å²) in [4.78, 5) is 36.2. The van der Waals surface area contributed by atoms with Gasteiger partial charge in [0.15, 0.2) is 6.61 Å². The van der Waals surface area contributed by atoms with Gasteiger partial charge >= 0.3 is 12.0 Å². The number of benzene rings is 1. The molecule has 0 unspecified atom stereocenters. The topological polar surface area (TPSA) is 96.5 Å². The Morgan fingerprint density at radius 1 is 0.923 bits per heavy atom. The fourth-order valence-corrected chi connectivity index (χ4v) is 2.02. The predicted octanol–water partition coefficient (Wildman–Crippen LogP) is 2.54. The molecule has 2 atom stereocenters. The van der Waals surface area contributed by atoms with Gasteiger partial charge < -0.3 is 20.7 Å². The van der Waals surface area contributed by atoms with Crippen LogP contribution in [0, 0.1) is 11.8 Å². The third-order valence-corrected chi connectivity index (χ3v) is 3.97. The molecule has 26 heavy (non-hydrogen) atoms. The van der Waals surface area contributed by atoms with Crippen molar-refractivity contribution in [1.82, 2.24) is 10.6 Å². The number of esters is 1. The van der Waals surface area contributed by atoms with Gasteiger partial charge in [0.1, 0.15) is 6.04 Å². The Morgan fingerprint density at radius 3 is 2.08 bits per heavy atom. The van der Waals surface area contributed by atoms with E-state index in [1.165, 1.54) is 0 Å². The Balaban J connectivity index is 2.53. The lowest BCUT2D eigenvalue weighted by Gasteiger charge is -2.22. The smallest absolute Gasteiger partial charge is 0.329 e. The zero-order valence-corrected chi connectivity index (χ0v) is 16.0. The van der Waals surface area contributed by atoms with Gasteiger partial charge in [-0.1, -0.05) is 45.9 Å². The number of rotatable bonds is 8. The van der Waals surface area contributed by atoms with Crippen LogP contribution in [-0.4, -0.2) is 36.6 Å². The van der Waals surface area contributed by atoms with E-state index in [9.17, 15) is 14.4 Å². The summed E-state index contributed by atoms with van der Waals surface area (Å²) < 4.78 is 5.07. The third kappa shape index (κ3) is 7.55. The average Bonchev–Trinajstić information content (AvgIpc) is 2.58. The molecule has 0 aliphatic heterocycles. The number of hydrogen-bond acceptors (Lipinski definition) is 4. The van der Waals surface area contributed by atoms with Crippen molar-refractivity contribution in [3.63, 3.8) is 0 Å². The van der Waals surface area contributed by atoms with Crippen molar-refractivity contribution in [3.8, 4) is 0 Å². The first kappa shape index (κ1) is 21.5. The van der Waals surface area contributed by atoms with Crippen LogP contribution in [0.15, 0.2) is 30.3 Å². The predicted molar refractivity (Wildman–Crippen MR) is 101 cm³/mol. The standard InChI is InChI=1S/C19H29N3O4/c1-12(2)14(5)20-16(23)11-26-18(24)17(13(3)4)22-19(25)21-15-9-7-6-8-10-15/h6-10,12-14,17H,11H2,1-5H3,(H,20,23)(H2,21,22,25)/t14-,17-/m0/s1. The fourth-order valence-electron chi connectivity index (χ4n) is 2.02. The highest BCUT2D eigenvalue weighted by atomic mass is 16.5. The molecule has 0 aliphatic carbocycles. The first-order valence-corrected chi connectivity index (χ1v) is 8.79. The second-order valence-electron chi connectivity index (χ2n) is 6.89. The number of urea groups is 1. The molecule has 0 aromatic heterocycles. The lowest BCUT2D eigenvalue weighted by atomic mass is 10.1. The van der Waals surface area contributed by atoms with Crippen LogP contribution in [-0.2, 0) is 14.3 Å². The molecule has 0 radical (unpaired) electrons. The maximum absolute atomic E-state index is 12.3. The van der Waals surface area contributed by atoms with Gasteiger partial charge in [-0.3, -0.25) is 4.79 Å². The Kier molecular flexibility index (Phi) is 8.61. The molecule has 0 heterocycles. The molecule has 7 nitrogen and oxygen atoms in total. The summed E-state index contributed by atoms with van der Waals surface area (Å²) >= 11 is 0. The van der Waals surface area contributed by atoms with Crippen LogP contribution in [0.25, 0.3) is 0 Å². The van der Waals surface area contributed by atoms with E-state index in [4.69, 9.17) is 4.74 Å². The van der Waals surface area contributed by atoms with Gasteiger partial charge in [0.25, 0.3) is 5.91 Å². The molecule has 0 spiro atoms.